The first-order valence-corrected chi connectivity index (χ1v) is 11.8. The lowest BCUT2D eigenvalue weighted by atomic mass is 10.0. The van der Waals surface area contributed by atoms with Crippen LogP contribution in [0.3, 0.4) is 0 Å². The molecule has 38 heavy (non-hydrogen) atoms. The summed E-state index contributed by atoms with van der Waals surface area (Å²) in [4.78, 5) is 23.6. The van der Waals surface area contributed by atoms with Crippen LogP contribution in [0.25, 0.3) is 5.95 Å². The number of anilines is 1. The molecule has 1 atom stereocenters. The van der Waals surface area contributed by atoms with Gasteiger partial charge in [-0.15, -0.1) is 9.78 Å². The van der Waals surface area contributed by atoms with Gasteiger partial charge in [0.1, 0.15) is 17.6 Å². The number of amidine groups is 1. The predicted octanol–water partition coefficient (Wildman–Crippen LogP) is 2.14. The van der Waals surface area contributed by atoms with E-state index in [-0.39, 0.29) is 42.1 Å². The zero-order valence-electron chi connectivity index (χ0n) is 20.5. The van der Waals surface area contributed by atoms with Crippen LogP contribution in [0.2, 0.25) is 0 Å². The van der Waals surface area contributed by atoms with Gasteiger partial charge in [0.2, 0.25) is 0 Å². The number of aliphatic hydroxyl groups is 1. The number of ether oxygens (including phenoxy) is 2. The number of benzene rings is 2. The molecule has 0 saturated carbocycles. The van der Waals surface area contributed by atoms with Gasteiger partial charge in [-0.3, -0.25) is 10.4 Å². The topological polar surface area (TPSA) is 177 Å². The lowest BCUT2D eigenvalue weighted by Gasteiger charge is -2.21. The van der Waals surface area contributed by atoms with E-state index in [1.165, 1.54) is 24.5 Å². The van der Waals surface area contributed by atoms with E-state index >= 15 is 4.39 Å². The fourth-order valence-electron chi connectivity index (χ4n) is 3.62. The second-order valence-corrected chi connectivity index (χ2v) is 8.03. The molecule has 0 fully saturated rings. The average Bonchev–Trinajstić information content (AvgIpc) is 3.31. The van der Waals surface area contributed by atoms with E-state index in [4.69, 9.17) is 25.7 Å². The lowest BCUT2D eigenvalue weighted by molar-refractivity contribution is 0.227. The summed E-state index contributed by atoms with van der Waals surface area (Å²) < 4.78 is 28.1. The average molecular weight is 523 g/mol. The van der Waals surface area contributed by atoms with Gasteiger partial charge in [-0.2, -0.15) is 0 Å². The van der Waals surface area contributed by atoms with E-state index in [1.54, 1.807) is 37.3 Å². The molecule has 1 unspecified atom stereocenters. The summed E-state index contributed by atoms with van der Waals surface area (Å²) in [6.45, 7) is 2.09. The number of H-pyrrole nitrogens is 1. The number of nitrogens with one attached hydrogen (secondary N) is 3. The summed E-state index contributed by atoms with van der Waals surface area (Å²) in [5.74, 6) is -0.413. The number of hydrogen-bond acceptors (Lipinski definition) is 9. The molecule has 12 nitrogen and oxygen atoms in total. The summed E-state index contributed by atoms with van der Waals surface area (Å²) in [6, 6.07) is 10.1. The van der Waals surface area contributed by atoms with E-state index in [0.717, 1.165) is 4.68 Å². The molecule has 6 N–H and O–H groups in total. The Labute approximate surface area is 216 Å². The van der Waals surface area contributed by atoms with Crippen molar-refractivity contribution in [1.29, 1.82) is 5.41 Å². The van der Waals surface area contributed by atoms with Crippen molar-refractivity contribution in [2.75, 3.05) is 25.1 Å². The minimum atomic E-state index is -1.02. The van der Waals surface area contributed by atoms with Crippen LogP contribution < -0.4 is 26.2 Å². The SMILES string of the molecule is CCOc1cc(OCCCO)c(F)c(C(Nc2ccc(C(=N)N)cc2)c2nn(-c3ncccn3)c(=O)[nH]2)c1. The van der Waals surface area contributed by atoms with E-state index in [1.807, 2.05) is 0 Å². The number of nitrogens with two attached hydrogens (primary N) is 1. The van der Waals surface area contributed by atoms with Gasteiger partial charge in [0.25, 0.3) is 5.95 Å². The zero-order chi connectivity index (χ0) is 27.1. The van der Waals surface area contributed by atoms with Crippen LogP contribution in [0.5, 0.6) is 11.5 Å². The molecular weight excluding hydrogens is 495 g/mol. The molecule has 4 rings (SSSR count). The van der Waals surface area contributed by atoms with Crippen LogP contribution in [0.4, 0.5) is 10.1 Å². The van der Waals surface area contributed by atoms with Crippen molar-refractivity contribution in [2.45, 2.75) is 19.4 Å². The van der Waals surface area contributed by atoms with Crippen molar-refractivity contribution in [2.24, 2.45) is 5.73 Å². The van der Waals surface area contributed by atoms with Crippen molar-refractivity contribution >= 4 is 11.5 Å². The molecule has 2 aromatic carbocycles. The molecule has 198 valence electrons. The zero-order valence-corrected chi connectivity index (χ0v) is 20.5. The predicted molar refractivity (Wildman–Crippen MR) is 137 cm³/mol. The molecular formula is C25H27FN8O4. The minimum absolute atomic E-state index is 0.0427. The highest BCUT2D eigenvalue weighted by Gasteiger charge is 2.27. The Balaban J connectivity index is 1.83. The Bertz CT molecular complexity index is 1440. The largest absolute Gasteiger partial charge is 0.494 e. The number of aliphatic hydroxyl groups excluding tert-OH is 1. The standard InChI is InChI=1S/C25H27FN8O4/c1-2-37-17-13-18(20(26)19(14-17)38-12-4-11-35)21(31-16-7-5-15(6-8-16)22(27)28)23-32-25(36)34(33-23)24-29-9-3-10-30-24/h3,5-10,13-14,21,31,35H,2,4,11-12H2,1H3,(H3,27,28)(H,32,33,36). The van der Waals surface area contributed by atoms with Crippen molar-refractivity contribution < 1.29 is 19.0 Å². The van der Waals surface area contributed by atoms with Crippen LogP contribution in [-0.4, -0.2) is 55.5 Å². The van der Waals surface area contributed by atoms with Crippen LogP contribution >= 0.6 is 0 Å². The fourth-order valence-corrected chi connectivity index (χ4v) is 3.62. The Morgan fingerprint density at radius 3 is 2.63 bits per heavy atom. The van der Waals surface area contributed by atoms with Gasteiger partial charge in [-0.25, -0.2) is 19.2 Å². The van der Waals surface area contributed by atoms with E-state index in [0.29, 0.717) is 30.0 Å². The summed E-state index contributed by atoms with van der Waals surface area (Å²) >= 11 is 0. The van der Waals surface area contributed by atoms with Crippen molar-refractivity contribution in [1.82, 2.24) is 24.7 Å². The maximum atomic E-state index is 15.9. The Kier molecular flexibility index (Phi) is 8.28. The van der Waals surface area contributed by atoms with Gasteiger partial charge in [-0.1, -0.05) is 0 Å². The van der Waals surface area contributed by atoms with Crippen molar-refractivity contribution in [3.63, 3.8) is 0 Å². The van der Waals surface area contributed by atoms with Crippen LogP contribution in [0.1, 0.15) is 36.3 Å². The highest BCUT2D eigenvalue weighted by atomic mass is 19.1. The quantitative estimate of drug-likeness (QED) is 0.106. The number of aromatic nitrogens is 5. The normalized spacial score (nSPS) is 11.7. The van der Waals surface area contributed by atoms with Crippen LogP contribution in [0, 0.1) is 11.2 Å². The molecule has 2 heterocycles. The monoisotopic (exact) mass is 522 g/mol. The van der Waals surface area contributed by atoms with Crippen molar-refractivity contribution in [3.05, 3.63) is 88.1 Å². The maximum absolute atomic E-state index is 15.9. The van der Waals surface area contributed by atoms with E-state index < -0.39 is 17.5 Å². The molecule has 0 aliphatic heterocycles. The van der Waals surface area contributed by atoms with Gasteiger partial charge >= 0.3 is 5.69 Å². The van der Waals surface area contributed by atoms with Gasteiger partial charge < -0.3 is 25.6 Å². The summed E-state index contributed by atoms with van der Waals surface area (Å²) in [6.07, 6.45) is 3.25. The number of halogens is 1. The first kappa shape index (κ1) is 26.3. The molecule has 0 radical (unpaired) electrons. The number of nitrogens with zero attached hydrogens (tertiary/aromatic N) is 4. The third kappa shape index (κ3) is 5.95. The number of hydrogen-bond donors (Lipinski definition) is 5. The second-order valence-electron chi connectivity index (χ2n) is 8.03. The third-order valence-electron chi connectivity index (χ3n) is 5.38. The van der Waals surface area contributed by atoms with Gasteiger partial charge in [0.05, 0.1) is 13.2 Å². The number of rotatable bonds is 12. The molecule has 4 aromatic rings. The van der Waals surface area contributed by atoms with Crippen LogP contribution in [0.15, 0.2) is 59.7 Å². The van der Waals surface area contributed by atoms with Crippen LogP contribution in [-0.2, 0) is 0 Å². The number of aromatic amines is 1. The van der Waals surface area contributed by atoms with Crippen molar-refractivity contribution in [3.8, 4) is 17.4 Å². The second kappa shape index (κ2) is 12.0. The highest BCUT2D eigenvalue weighted by molar-refractivity contribution is 5.95. The molecule has 2 aromatic heterocycles. The van der Waals surface area contributed by atoms with Gasteiger partial charge in [0.15, 0.2) is 17.4 Å². The molecule has 0 spiro atoms. The minimum Gasteiger partial charge on any atom is -0.494 e. The first-order chi connectivity index (χ1) is 18.4. The summed E-state index contributed by atoms with van der Waals surface area (Å²) in [7, 11) is 0. The molecule has 0 bridgehead atoms. The summed E-state index contributed by atoms with van der Waals surface area (Å²) in [5, 5.41) is 24.2. The highest BCUT2D eigenvalue weighted by Crippen LogP contribution is 2.35. The smallest absolute Gasteiger partial charge is 0.350 e. The number of nitrogen functional groups attached to an aromatic ring is 1. The molecule has 0 amide bonds. The van der Waals surface area contributed by atoms with Gasteiger partial charge in [-0.05, 0) is 43.3 Å². The Hall–Kier alpha value is -4.78. The Morgan fingerprint density at radius 2 is 1.97 bits per heavy atom. The molecule has 0 aliphatic rings. The van der Waals surface area contributed by atoms with E-state index in [9.17, 15) is 4.79 Å². The molecule has 0 aliphatic carbocycles. The third-order valence-corrected chi connectivity index (χ3v) is 5.38. The summed E-state index contributed by atoms with van der Waals surface area (Å²) in [5.41, 5.74) is 6.07. The van der Waals surface area contributed by atoms with Gasteiger partial charge in [0, 0.05) is 48.3 Å². The first-order valence-electron chi connectivity index (χ1n) is 11.8. The fraction of sp³-hybridized carbons (Fsp3) is 0.240. The molecule has 13 heteroatoms. The maximum Gasteiger partial charge on any atom is 0.350 e. The Morgan fingerprint density at radius 1 is 1.24 bits per heavy atom. The lowest BCUT2D eigenvalue weighted by Crippen LogP contribution is -2.18. The van der Waals surface area contributed by atoms with E-state index in [2.05, 4.69) is 25.4 Å². The molecule has 0 saturated heterocycles.